The van der Waals surface area contributed by atoms with Gasteiger partial charge in [0.15, 0.2) is 0 Å². The molecule has 2 aromatic rings. The molecule has 1 amide bonds. The van der Waals surface area contributed by atoms with Gasteiger partial charge in [-0.1, -0.05) is 74.4 Å². The summed E-state index contributed by atoms with van der Waals surface area (Å²) in [6.45, 7) is 3.93. The van der Waals surface area contributed by atoms with Gasteiger partial charge in [-0.15, -0.1) is 0 Å². The lowest BCUT2D eigenvalue weighted by Gasteiger charge is -2.32. The highest BCUT2D eigenvalue weighted by molar-refractivity contribution is 5.91. The number of rotatable bonds is 6. The van der Waals surface area contributed by atoms with Crippen LogP contribution in [0.3, 0.4) is 0 Å². The largest absolute Gasteiger partial charge is 0.344 e. The van der Waals surface area contributed by atoms with Crippen LogP contribution in [0.2, 0.25) is 0 Å². The summed E-state index contributed by atoms with van der Waals surface area (Å²) >= 11 is 0. The molecule has 0 saturated heterocycles. The monoisotopic (exact) mass is 362 g/mol. The number of amides is 1. The van der Waals surface area contributed by atoms with Gasteiger partial charge in [0.2, 0.25) is 5.91 Å². The third-order valence-electron chi connectivity index (χ3n) is 5.77. The third kappa shape index (κ3) is 4.65. The van der Waals surface area contributed by atoms with Gasteiger partial charge >= 0.3 is 0 Å². The van der Waals surface area contributed by atoms with Gasteiger partial charge < -0.3 is 10.7 Å². The Labute approximate surface area is 162 Å². The number of hydrogen-bond donors (Lipinski definition) is 2. The number of carbonyl (C=O) groups excluding carboxylic acids is 1. The Balaban J connectivity index is 1.78. The van der Waals surface area contributed by atoms with E-state index in [9.17, 15) is 4.79 Å². The van der Waals surface area contributed by atoms with Gasteiger partial charge in [0.25, 0.3) is 0 Å². The Morgan fingerprint density at radius 3 is 2.37 bits per heavy atom. The summed E-state index contributed by atoms with van der Waals surface area (Å²) in [6.07, 6.45) is 5.29. The Bertz CT molecular complexity index is 767. The van der Waals surface area contributed by atoms with Crippen LogP contribution >= 0.6 is 0 Å². The molecule has 0 aromatic heterocycles. The van der Waals surface area contributed by atoms with E-state index in [1.807, 2.05) is 30.3 Å². The first-order valence-electron chi connectivity index (χ1n) is 10.1. The molecule has 0 heterocycles. The number of carbonyl (C=O) groups is 1. The van der Waals surface area contributed by atoms with E-state index in [1.54, 1.807) is 6.92 Å². The van der Waals surface area contributed by atoms with Crippen molar-refractivity contribution in [3.63, 3.8) is 0 Å². The van der Waals surface area contributed by atoms with E-state index in [4.69, 9.17) is 5.41 Å². The minimum atomic E-state index is -0.344. The number of benzene rings is 2. The van der Waals surface area contributed by atoms with Crippen LogP contribution in [0, 0.1) is 11.3 Å². The molecule has 0 bridgehead atoms. The molecule has 2 N–H and O–H groups in total. The van der Waals surface area contributed by atoms with Crippen molar-refractivity contribution in [1.29, 1.82) is 5.41 Å². The zero-order valence-electron chi connectivity index (χ0n) is 16.4. The van der Waals surface area contributed by atoms with Gasteiger partial charge in [0, 0.05) is 11.6 Å². The van der Waals surface area contributed by atoms with E-state index < -0.39 is 0 Å². The quantitative estimate of drug-likeness (QED) is 0.662. The zero-order valence-corrected chi connectivity index (χ0v) is 16.4. The molecule has 142 valence electrons. The van der Waals surface area contributed by atoms with E-state index in [0.29, 0.717) is 5.71 Å². The Morgan fingerprint density at radius 2 is 1.74 bits per heavy atom. The summed E-state index contributed by atoms with van der Waals surface area (Å²) in [5.41, 5.74) is 4.04. The minimum absolute atomic E-state index is 0.0169. The van der Waals surface area contributed by atoms with Crippen molar-refractivity contribution < 1.29 is 4.79 Å². The topological polar surface area (TPSA) is 53.0 Å². The number of aryl methyl sites for hydroxylation is 1. The number of hydrogen-bond acceptors (Lipinski definition) is 2. The highest BCUT2D eigenvalue weighted by atomic mass is 16.2. The van der Waals surface area contributed by atoms with Crippen LogP contribution in [0.1, 0.15) is 68.2 Å². The van der Waals surface area contributed by atoms with Crippen molar-refractivity contribution in [2.45, 2.75) is 57.9 Å². The molecule has 1 fully saturated rings. The summed E-state index contributed by atoms with van der Waals surface area (Å²) in [5.74, 6) is 0.337. The van der Waals surface area contributed by atoms with Crippen LogP contribution in [0.25, 0.3) is 0 Å². The van der Waals surface area contributed by atoms with E-state index >= 15 is 0 Å². The molecule has 1 aliphatic carbocycles. The van der Waals surface area contributed by atoms with Crippen molar-refractivity contribution in [3.05, 3.63) is 71.3 Å². The first-order valence-corrected chi connectivity index (χ1v) is 10.1. The maximum Gasteiger partial charge on any atom is 0.224 e. The van der Waals surface area contributed by atoms with Gasteiger partial charge in [0.1, 0.15) is 0 Å². The molecule has 3 heteroatoms. The van der Waals surface area contributed by atoms with Crippen LogP contribution in [-0.4, -0.2) is 11.6 Å². The lowest BCUT2D eigenvalue weighted by Crippen LogP contribution is -2.40. The summed E-state index contributed by atoms with van der Waals surface area (Å²) in [7, 11) is 0. The normalized spacial score (nSPS) is 20.7. The first kappa shape index (κ1) is 19.3. The summed E-state index contributed by atoms with van der Waals surface area (Å²) in [5, 5.41) is 11.3. The molecule has 27 heavy (non-hydrogen) atoms. The second-order valence-corrected chi connectivity index (χ2v) is 7.63. The molecule has 3 nitrogen and oxygen atoms in total. The molecule has 1 aliphatic rings. The average Bonchev–Trinajstić information content (AvgIpc) is 2.72. The van der Waals surface area contributed by atoms with Crippen LogP contribution in [0.5, 0.6) is 0 Å². The fourth-order valence-corrected chi connectivity index (χ4v) is 4.18. The van der Waals surface area contributed by atoms with Crippen molar-refractivity contribution in [2.24, 2.45) is 5.92 Å². The summed E-state index contributed by atoms with van der Waals surface area (Å²) in [6, 6.07) is 18.3. The van der Waals surface area contributed by atoms with E-state index in [1.165, 1.54) is 17.5 Å². The minimum Gasteiger partial charge on any atom is -0.344 e. The van der Waals surface area contributed by atoms with Gasteiger partial charge in [-0.2, -0.15) is 0 Å². The molecule has 2 aromatic carbocycles. The molecule has 3 atom stereocenters. The number of nitrogens with one attached hydrogen (secondary N) is 2. The van der Waals surface area contributed by atoms with Gasteiger partial charge in [-0.25, -0.2) is 0 Å². The van der Waals surface area contributed by atoms with E-state index in [0.717, 1.165) is 31.2 Å². The van der Waals surface area contributed by atoms with E-state index in [2.05, 4.69) is 36.5 Å². The van der Waals surface area contributed by atoms with Gasteiger partial charge in [0.05, 0.1) is 6.04 Å². The Kier molecular flexibility index (Phi) is 6.44. The second kappa shape index (κ2) is 8.98. The molecule has 3 rings (SSSR count). The fraction of sp³-hybridized carbons (Fsp3) is 0.417. The second-order valence-electron chi connectivity index (χ2n) is 7.63. The van der Waals surface area contributed by atoms with E-state index in [-0.39, 0.29) is 23.8 Å². The first-order chi connectivity index (χ1) is 13.1. The van der Waals surface area contributed by atoms with Crippen molar-refractivity contribution in [3.8, 4) is 0 Å². The van der Waals surface area contributed by atoms with Crippen LogP contribution < -0.4 is 5.32 Å². The lowest BCUT2D eigenvalue weighted by atomic mass is 9.74. The maximum absolute atomic E-state index is 13.2. The van der Waals surface area contributed by atoms with Gasteiger partial charge in [-0.3, -0.25) is 4.79 Å². The molecule has 0 aliphatic heterocycles. The predicted octanol–water partition coefficient (Wildman–Crippen LogP) is 5.42. The fourth-order valence-electron chi connectivity index (χ4n) is 4.18. The van der Waals surface area contributed by atoms with Crippen molar-refractivity contribution in [2.75, 3.05) is 0 Å². The molecule has 0 radical (unpaired) electrons. The highest BCUT2D eigenvalue weighted by Crippen LogP contribution is 2.38. The standard InChI is InChI=1S/C24H30N2O/c1-3-18-13-15-19(16-14-18)21-11-7-8-12-22(21)24(27)26-23(17(2)25)20-9-5-4-6-10-20/h4-6,9-10,13-16,21-23,25H,3,7-8,11-12H2,1-2H3,(H,26,27)/t21-,22+,23+/m0/s1. The predicted molar refractivity (Wildman–Crippen MR) is 111 cm³/mol. The van der Waals surface area contributed by atoms with Crippen LogP contribution in [0.15, 0.2) is 54.6 Å². The summed E-state index contributed by atoms with van der Waals surface area (Å²) < 4.78 is 0. The Hall–Kier alpha value is -2.42. The SMILES string of the molecule is CCc1ccc([C@@H]2CCCC[C@H]2C(=O)N[C@H](C(C)=N)c2ccccc2)cc1. The molecule has 1 saturated carbocycles. The average molecular weight is 363 g/mol. The van der Waals surface area contributed by atoms with Crippen molar-refractivity contribution in [1.82, 2.24) is 5.32 Å². The van der Waals surface area contributed by atoms with Crippen LogP contribution in [0.4, 0.5) is 0 Å². The smallest absolute Gasteiger partial charge is 0.224 e. The lowest BCUT2D eigenvalue weighted by molar-refractivity contribution is -0.127. The van der Waals surface area contributed by atoms with Crippen molar-refractivity contribution >= 4 is 11.6 Å². The zero-order chi connectivity index (χ0) is 19.2. The molecular formula is C24H30N2O. The molecular weight excluding hydrogens is 332 g/mol. The maximum atomic E-state index is 13.2. The molecule has 0 spiro atoms. The third-order valence-corrected chi connectivity index (χ3v) is 5.77. The molecule has 0 unspecified atom stereocenters. The Morgan fingerprint density at radius 1 is 1.07 bits per heavy atom. The van der Waals surface area contributed by atoms with Crippen LogP contribution in [-0.2, 0) is 11.2 Å². The van der Waals surface area contributed by atoms with Gasteiger partial charge in [-0.05, 0) is 48.8 Å². The summed E-state index contributed by atoms with van der Waals surface area (Å²) in [4.78, 5) is 13.2. The highest BCUT2D eigenvalue weighted by Gasteiger charge is 2.33.